The maximum atomic E-state index is 13.7. The lowest BCUT2D eigenvalue weighted by Gasteiger charge is -2.23. The number of hydrogen-bond donors (Lipinski definition) is 2. The Bertz CT molecular complexity index is 689. The van der Waals surface area contributed by atoms with Gasteiger partial charge in [0.25, 0.3) is 5.91 Å². The van der Waals surface area contributed by atoms with E-state index in [0.29, 0.717) is 17.1 Å². The van der Waals surface area contributed by atoms with E-state index in [1.807, 2.05) is 0 Å². The lowest BCUT2D eigenvalue weighted by atomic mass is 9.96. The smallest absolute Gasteiger partial charge is 0.255 e. The molecule has 0 saturated carbocycles. The van der Waals surface area contributed by atoms with Crippen LogP contribution in [0.3, 0.4) is 0 Å². The Morgan fingerprint density at radius 2 is 2.14 bits per heavy atom. The lowest BCUT2D eigenvalue weighted by Crippen LogP contribution is -2.39. The molecule has 1 unspecified atom stereocenters. The maximum absolute atomic E-state index is 13.7. The van der Waals surface area contributed by atoms with Crippen molar-refractivity contribution in [3.8, 4) is 0 Å². The first-order chi connectivity index (χ1) is 10.2. The number of amides is 1. The van der Waals surface area contributed by atoms with Crippen LogP contribution in [0.25, 0.3) is 0 Å². The van der Waals surface area contributed by atoms with E-state index in [1.54, 1.807) is 26.8 Å². The van der Waals surface area contributed by atoms with Crippen molar-refractivity contribution in [3.63, 3.8) is 0 Å². The first-order valence-corrected chi connectivity index (χ1v) is 7.12. The van der Waals surface area contributed by atoms with Gasteiger partial charge in [0.2, 0.25) is 0 Å². The molecule has 2 aromatic rings. The Kier molecular flexibility index (Phi) is 4.58. The van der Waals surface area contributed by atoms with Crippen molar-refractivity contribution in [2.45, 2.75) is 26.4 Å². The van der Waals surface area contributed by atoms with Crippen molar-refractivity contribution in [2.75, 3.05) is 6.54 Å². The van der Waals surface area contributed by atoms with Crippen LogP contribution in [0.5, 0.6) is 0 Å². The van der Waals surface area contributed by atoms with Crippen LogP contribution in [0.2, 0.25) is 5.02 Å². The summed E-state index contributed by atoms with van der Waals surface area (Å²) in [5, 5.41) is 13.0. The molecule has 1 aromatic heterocycles. The summed E-state index contributed by atoms with van der Waals surface area (Å²) in [7, 11) is 0. The topological polar surface area (TPSA) is 62.5 Å². The minimum atomic E-state index is -1.34. The largest absolute Gasteiger partial charge is 0.466 e. The monoisotopic (exact) mass is 325 g/mol. The van der Waals surface area contributed by atoms with Crippen molar-refractivity contribution in [1.29, 1.82) is 0 Å². The van der Waals surface area contributed by atoms with Crippen LogP contribution in [-0.2, 0) is 5.60 Å². The van der Waals surface area contributed by atoms with Gasteiger partial charge in [-0.15, -0.1) is 0 Å². The van der Waals surface area contributed by atoms with E-state index in [9.17, 15) is 14.3 Å². The molecule has 1 atom stereocenters. The van der Waals surface area contributed by atoms with E-state index >= 15 is 0 Å². The highest BCUT2D eigenvalue weighted by molar-refractivity contribution is 6.33. The number of aryl methyl sites for hydroxylation is 2. The third kappa shape index (κ3) is 3.31. The number of nitrogens with one attached hydrogen (secondary N) is 1. The average molecular weight is 326 g/mol. The second-order valence-electron chi connectivity index (χ2n) is 5.38. The van der Waals surface area contributed by atoms with Crippen LogP contribution >= 0.6 is 11.6 Å². The van der Waals surface area contributed by atoms with Gasteiger partial charge in [-0.3, -0.25) is 4.79 Å². The van der Waals surface area contributed by atoms with Gasteiger partial charge < -0.3 is 14.8 Å². The van der Waals surface area contributed by atoms with Gasteiger partial charge in [0.1, 0.15) is 22.9 Å². The molecule has 1 aromatic carbocycles. The summed E-state index contributed by atoms with van der Waals surface area (Å²) in [5.41, 5.74) is -1.00. The van der Waals surface area contributed by atoms with Crippen LogP contribution in [-0.4, -0.2) is 17.6 Å². The molecule has 0 aliphatic heterocycles. The van der Waals surface area contributed by atoms with Crippen molar-refractivity contribution in [2.24, 2.45) is 0 Å². The number of benzene rings is 1. The van der Waals surface area contributed by atoms with Gasteiger partial charge in [0.15, 0.2) is 0 Å². The third-order valence-electron chi connectivity index (χ3n) is 3.40. The summed E-state index contributed by atoms with van der Waals surface area (Å²) in [6, 6.07) is 5.71. The molecule has 1 amide bonds. The summed E-state index contributed by atoms with van der Waals surface area (Å²) < 4.78 is 19.1. The molecule has 2 N–H and O–H groups in total. The zero-order chi connectivity index (χ0) is 16.5. The fourth-order valence-corrected chi connectivity index (χ4v) is 2.57. The molecular weight excluding hydrogens is 309 g/mol. The molecule has 1 heterocycles. The maximum Gasteiger partial charge on any atom is 0.255 e. The molecule has 2 rings (SSSR count). The van der Waals surface area contributed by atoms with Crippen LogP contribution in [0.4, 0.5) is 4.39 Å². The van der Waals surface area contributed by atoms with Crippen LogP contribution in [0.15, 0.2) is 28.7 Å². The number of aliphatic hydroxyl groups is 1. The van der Waals surface area contributed by atoms with E-state index in [0.717, 1.165) is 6.07 Å². The van der Waals surface area contributed by atoms with Crippen LogP contribution in [0.1, 0.15) is 34.4 Å². The first-order valence-electron chi connectivity index (χ1n) is 6.74. The lowest BCUT2D eigenvalue weighted by molar-refractivity contribution is 0.0513. The summed E-state index contributed by atoms with van der Waals surface area (Å²) in [4.78, 5) is 12.1. The number of rotatable bonds is 4. The Balaban J connectivity index is 2.15. The van der Waals surface area contributed by atoms with Crippen molar-refractivity contribution in [3.05, 3.63) is 57.8 Å². The fourth-order valence-electron chi connectivity index (χ4n) is 2.32. The van der Waals surface area contributed by atoms with Gasteiger partial charge in [0, 0.05) is 5.56 Å². The minimum absolute atomic E-state index is 0.0208. The summed E-state index contributed by atoms with van der Waals surface area (Å²) >= 11 is 5.84. The van der Waals surface area contributed by atoms with E-state index in [4.69, 9.17) is 16.0 Å². The zero-order valence-electron chi connectivity index (χ0n) is 12.5. The molecule has 0 bridgehead atoms. The van der Waals surface area contributed by atoms with Crippen LogP contribution in [0, 0.1) is 19.7 Å². The SMILES string of the molecule is Cc1cc(C(C)(O)CNC(=O)c2c(F)cccc2Cl)c(C)o1. The standard InChI is InChI=1S/C16H17ClFNO3/c1-9-7-11(10(2)22-9)16(3,21)8-19-15(20)14-12(17)5-4-6-13(14)18/h4-7,21H,8H2,1-3H3,(H,19,20). The Labute approximate surface area is 132 Å². The molecular formula is C16H17ClFNO3. The highest BCUT2D eigenvalue weighted by Gasteiger charge is 2.29. The molecule has 0 spiro atoms. The van der Waals surface area contributed by atoms with Crippen molar-refractivity contribution < 1.29 is 18.7 Å². The molecule has 0 fully saturated rings. The minimum Gasteiger partial charge on any atom is -0.466 e. The first kappa shape index (κ1) is 16.5. The number of hydrogen-bond acceptors (Lipinski definition) is 3. The molecule has 4 nitrogen and oxygen atoms in total. The van der Waals surface area contributed by atoms with E-state index in [2.05, 4.69) is 5.32 Å². The highest BCUT2D eigenvalue weighted by atomic mass is 35.5. The molecule has 6 heteroatoms. The quantitative estimate of drug-likeness (QED) is 0.906. The average Bonchev–Trinajstić information content (AvgIpc) is 2.76. The Morgan fingerprint density at radius 1 is 1.45 bits per heavy atom. The van der Waals surface area contributed by atoms with Gasteiger partial charge in [0.05, 0.1) is 17.1 Å². The summed E-state index contributed by atoms with van der Waals surface area (Å²) in [6.07, 6.45) is 0. The van der Waals surface area contributed by atoms with E-state index < -0.39 is 17.3 Å². The van der Waals surface area contributed by atoms with Gasteiger partial charge in [-0.1, -0.05) is 17.7 Å². The zero-order valence-corrected chi connectivity index (χ0v) is 13.3. The third-order valence-corrected chi connectivity index (χ3v) is 3.72. The van der Waals surface area contributed by atoms with Gasteiger partial charge in [-0.25, -0.2) is 4.39 Å². The molecule has 0 aliphatic carbocycles. The Morgan fingerprint density at radius 3 is 2.68 bits per heavy atom. The predicted octanol–water partition coefficient (Wildman–Crippen LogP) is 3.33. The number of carbonyl (C=O) groups is 1. The second kappa shape index (κ2) is 6.10. The van der Waals surface area contributed by atoms with Crippen molar-refractivity contribution in [1.82, 2.24) is 5.32 Å². The molecule has 0 saturated heterocycles. The summed E-state index contributed by atoms with van der Waals surface area (Å²) in [6.45, 7) is 4.94. The molecule has 0 radical (unpaired) electrons. The number of furan rings is 1. The number of halogens is 2. The van der Waals surface area contributed by atoms with E-state index in [1.165, 1.54) is 12.1 Å². The van der Waals surface area contributed by atoms with Crippen molar-refractivity contribution >= 4 is 17.5 Å². The Hall–Kier alpha value is -1.85. The van der Waals surface area contributed by atoms with Gasteiger partial charge in [-0.05, 0) is 39.0 Å². The molecule has 118 valence electrons. The molecule has 0 aliphatic rings. The normalized spacial score (nSPS) is 13.7. The summed E-state index contributed by atoms with van der Waals surface area (Å²) in [5.74, 6) is -0.154. The van der Waals surface area contributed by atoms with Crippen LogP contribution < -0.4 is 5.32 Å². The highest BCUT2D eigenvalue weighted by Crippen LogP contribution is 2.26. The second-order valence-corrected chi connectivity index (χ2v) is 5.79. The molecule has 22 heavy (non-hydrogen) atoms. The van der Waals surface area contributed by atoms with Gasteiger partial charge >= 0.3 is 0 Å². The number of carbonyl (C=O) groups excluding carboxylic acids is 1. The van der Waals surface area contributed by atoms with E-state index in [-0.39, 0.29) is 17.1 Å². The predicted molar refractivity (Wildman–Crippen MR) is 81.5 cm³/mol. The van der Waals surface area contributed by atoms with Gasteiger partial charge in [-0.2, -0.15) is 0 Å². The fraction of sp³-hybridized carbons (Fsp3) is 0.312.